The van der Waals surface area contributed by atoms with E-state index in [1.807, 2.05) is 4.90 Å². The van der Waals surface area contributed by atoms with Crippen molar-refractivity contribution >= 4 is 6.29 Å². The monoisotopic (exact) mass is 213 g/mol. The highest BCUT2D eigenvalue weighted by molar-refractivity contribution is 5.60. The zero-order valence-corrected chi connectivity index (χ0v) is 8.93. The normalized spacial score (nSPS) is 35.9. The minimum atomic E-state index is -0.643. The molecule has 0 bridgehead atoms. The Hall–Kier alpha value is -0.450. The summed E-state index contributed by atoms with van der Waals surface area (Å²) in [5.41, 5.74) is -0.205. The molecular weight excluding hydrogens is 194 g/mol. The first-order chi connectivity index (χ1) is 7.15. The molecule has 0 spiro atoms. The van der Waals surface area contributed by atoms with Crippen LogP contribution in [0.3, 0.4) is 0 Å². The quantitative estimate of drug-likeness (QED) is 0.636. The predicted octanol–water partition coefficient (Wildman–Crippen LogP) is -0.217. The van der Waals surface area contributed by atoms with Crippen molar-refractivity contribution in [3.63, 3.8) is 0 Å². The highest BCUT2D eigenvalue weighted by atomic mass is 16.3. The molecule has 86 valence electrons. The number of hydrogen-bond donors (Lipinski definition) is 2. The van der Waals surface area contributed by atoms with E-state index < -0.39 is 12.2 Å². The third-order valence-electron chi connectivity index (χ3n) is 3.72. The highest BCUT2D eigenvalue weighted by Crippen LogP contribution is 2.37. The summed E-state index contributed by atoms with van der Waals surface area (Å²) < 4.78 is 0. The Balaban J connectivity index is 1.93. The maximum absolute atomic E-state index is 11.1. The number of aldehydes is 1. The summed E-state index contributed by atoms with van der Waals surface area (Å²) >= 11 is 0. The summed E-state index contributed by atoms with van der Waals surface area (Å²) in [7, 11) is 0. The number of likely N-dealkylation sites (tertiary alicyclic amines) is 1. The van der Waals surface area contributed by atoms with Crippen LogP contribution in [0.4, 0.5) is 0 Å². The van der Waals surface area contributed by atoms with Gasteiger partial charge in [0.1, 0.15) is 6.29 Å². The molecule has 0 amide bonds. The average molecular weight is 213 g/mol. The van der Waals surface area contributed by atoms with E-state index >= 15 is 0 Å². The van der Waals surface area contributed by atoms with Crippen molar-refractivity contribution < 1.29 is 15.0 Å². The largest absolute Gasteiger partial charge is 0.389 e. The number of hydrogen-bond acceptors (Lipinski definition) is 4. The molecule has 1 aliphatic heterocycles. The average Bonchev–Trinajstić information content (AvgIpc) is 2.77. The van der Waals surface area contributed by atoms with E-state index in [2.05, 4.69) is 0 Å². The fourth-order valence-electron chi connectivity index (χ4n) is 2.81. The van der Waals surface area contributed by atoms with Crippen LogP contribution in [0.2, 0.25) is 0 Å². The summed E-state index contributed by atoms with van der Waals surface area (Å²) in [6, 6.07) is 0. The summed E-state index contributed by atoms with van der Waals surface area (Å²) in [5, 5.41) is 18.8. The Morgan fingerprint density at radius 1 is 1.20 bits per heavy atom. The Kier molecular flexibility index (Phi) is 3.09. The maximum atomic E-state index is 11.1. The Morgan fingerprint density at radius 3 is 2.20 bits per heavy atom. The summed E-state index contributed by atoms with van der Waals surface area (Å²) in [6.45, 7) is 1.69. The third kappa shape index (κ3) is 2.22. The van der Waals surface area contributed by atoms with Crippen molar-refractivity contribution in [2.24, 2.45) is 5.41 Å². The van der Waals surface area contributed by atoms with Gasteiger partial charge in [-0.2, -0.15) is 0 Å². The lowest BCUT2D eigenvalue weighted by molar-refractivity contribution is -0.117. The van der Waals surface area contributed by atoms with Crippen LogP contribution in [-0.4, -0.2) is 53.2 Å². The lowest BCUT2D eigenvalue weighted by Crippen LogP contribution is -2.36. The molecule has 2 fully saturated rings. The summed E-state index contributed by atoms with van der Waals surface area (Å²) in [5.74, 6) is 0. The fourth-order valence-corrected chi connectivity index (χ4v) is 2.81. The number of aliphatic hydroxyl groups is 2. The Morgan fingerprint density at radius 2 is 1.73 bits per heavy atom. The van der Waals surface area contributed by atoms with Gasteiger partial charge in [0, 0.05) is 25.0 Å². The van der Waals surface area contributed by atoms with Crippen molar-refractivity contribution in [3.8, 4) is 0 Å². The smallest absolute Gasteiger partial charge is 0.127 e. The molecule has 2 N–H and O–H groups in total. The van der Waals surface area contributed by atoms with Crippen molar-refractivity contribution in [2.45, 2.75) is 37.9 Å². The van der Waals surface area contributed by atoms with Crippen LogP contribution in [-0.2, 0) is 4.79 Å². The van der Waals surface area contributed by atoms with E-state index in [4.69, 9.17) is 0 Å². The zero-order valence-electron chi connectivity index (χ0n) is 8.93. The molecule has 15 heavy (non-hydrogen) atoms. The first-order valence-electron chi connectivity index (χ1n) is 5.70. The molecule has 4 nitrogen and oxygen atoms in total. The predicted molar refractivity (Wildman–Crippen MR) is 55.4 cm³/mol. The standard InChI is InChI=1S/C11H19NO3/c13-8-11(3-1-2-4-11)7-12-5-9(14)10(15)6-12/h8-10,14-15H,1-7H2. The highest BCUT2D eigenvalue weighted by Gasteiger charge is 2.39. The van der Waals surface area contributed by atoms with Crippen molar-refractivity contribution in [1.82, 2.24) is 4.90 Å². The van der Waals surface area contributed by atoms with E-state index in [9.17, 15) is 15.0 Å². The van der Waals surface area contributed by atoms with Crippen LogP contribution in [0.15, 0.2) is 0 Å². The number of aliphatic hydroxyl groups excluding tert-OH is 2. The van der Waals surface area contributed by atoms with Gasteiger partial charge < -0.3 is 15.0 Å². The molecule has 2 rings (SSSR count). The summed E-state index contributed by atoms with van der Waals surface area (Å²) in [4.78, 5) is 13.1. The second-order valence-electron chi connectivity index (χ2n) is 5.02. The molecule has 2 aliphatic rings. The summed E-state index contributed by atoms with van der Waals surface area (Å²) in [6.07, 6.45) is 3.95. The first-order valence-corrected chi connectivity index (χ1v) is 5.70. The molecule has 1 heterocycles. The number of β-amino-alcohol motifs (C(OH)–C–C–N with tert-alkyl or cyclic N) is 2. The van der Waals surface area contributed by atoms with Gasteiger partial charge in [-0.3, -0.25) is 4.90 Å². The van der Waals surface area contributed by atoms with E-state index in [0.29, 0.717) is 19.6 Å². The second-order valence-corrected chi connectivity index (χ2v) is 5.02. The molecule has 1 aliphatic carbocycles. The minimum Gasteiger partial charge on any atom is -0.389 e. The first kappa shape index (κ1) is 11.0. The van der Waals surface area contributed by atoms with Crippen LogP contribution in [0.5, 0.6) is 0 Å². The van der Waals surface area contributed by atoms with E-state index in [-0.39, 0.29) is 5.41 Å². The molecule has 0 aromatic heterocycles. The molecule has 4 heteroatoms. The molecule has 1 saturated heterocycles. The fraction of sp³-hybridized carbons (Fsp3) is 0.909. The lowest BCUT2D eigenvalue weighted by atomic mass is 9.87. The molecule has 0 aromatic rings. The van der Waals surface area contributed by atoms with Crippen molar-refractivity contribution in [2.75, 3.05) is 19.6 Å². The van der Waals surface area contributed by atoms with Crippen LogP contribution in [0.1, 0.15) is 25.7 Å². The third-order valence-corrected chi connectivity index (χ3v) is 3.72. The molecule has 2 atom stereocenters. The van der Waals surface area contributed by atoms with Crippen molar-refractivity contribution in [3.05, 3.63) is 0 Å². The SMILES string of the molecule is O=CC1(CN2CC(O)C(O)C2)CCCC1. The van der Waals surface area contributed by atoms with Gasteiger partial charge in [0.2, 0.25) is 0 Å². The number of carbonyl (C=O) groups is 1. The lowest BCUT2D eigenvalue weighted by Gasteiger charge is -2.27. The Bertz CT molecular complexity index is 228. The van der Waals surface area contributed by atoms with Gasteiger partial charge in [0.15, 0.2) is 0 Å². The zero-order chi connectivity index (χ0) is 10.9. The molecule has 1 saturated carbocycles. The van der Waals surface area contributed by atoms with Gasteiger partial charge in [-0.05, 0) is 12.8 Å². The van der Waals surface area contributed by atoms with E-state index in [1.54, 1.807) is 0 Å². The minimum absolute atomic E-state index is 0.205. The van der Waals surface area contributed by atoms with Crippen LogP contribution in [0.25, 0.3) is 0 Å². The van der Waals surface area contributed by atoms with Gasteiger partial charge in [-0.25, -0.2) is 0 Å². The van der Waals surface area contributed by atoms with Crippen LogP contribution in [0, 0.1) is 5.41 Å². The number of nitrogens with zero attached hydrogens (tertiary/aromatic N) is 1. The maximum Gasteiger partial charge on any atom is 0.127 e. The molecule has 0 radical (unpaired) electrons. The molecular formula is C11H19NO3. The van der Waals surface area contributed by atoms with E-state index in [0.717, 1.165) is 32.0 Å². The van der Waals surface area contributed by atoms with Crippen molar-refractivity contribution in [1.29, 1.82) is 0 Å². The van der Waals surface area contributed by atoms with Gasteiger partial charge in [0.25, 0.3) is 0 Å². The van der Waals surface area contributed by atoms with Gasteiger partial charge in [0.05, 0.1) is 12.2 Å². The van der Waals surface area contributed by atoms with Crippen LogP contribution < -0.4 is 0 Å². The second kappa shape index (κ2) is 4.20. The van der Waals surface area contributed by atoms with Crippen LogP contribution >= 0.6 is 0 Å². The topological polar surface area (TPSA) is 60.8 Å². The number of rotatable bonds is 3. The molecule has 0 aromatic carbocycles. The van der Waals surface area contributed by atoms with Gasteiger partial charge >= 0.3 is 0 Å². The van der Waals surface area contributed by atoms with Gasteiger partial charge in [-0.1, -0.05) is 12.8 Å². The molecule has 2 unspecified atom stereocenters. The van der Waals surface area contributed by atoms with Gasteiger partial charge in [-0.15, -0.1) is 0 Å². The Labute approximate surface area is 89.9 Å². The van der Waals surface area contributed by atoms with E-state index in [1.165, 1.54) is 0 Å². The number of carbonyl (C=O) groups excluding carboxylic acids is 1.